The summed E-state index contributed by atoms with van der Waals surface area (Å²) in [6, 6.07) is 8.62. The van der Waals surface area contributed by atoms with E-state index in [0.717, 1.165) is 30.0 Å². The van der Waals surface area contributed by atoms with Gasteiger partial charge in [0.2, 0.25) is 0 Å². The van der Waals surface area contributed by atoms with Crippen LogP contribution in [0.15, 0.2) is 24.3 Å². The monoisotopic (exact) mass is 328 g/mol. The fourth-order valence-corrected chi connectivity index (χ4v) is 2.58. The molecule has 0 saturated heterocycles. The van der Waals surface area contributed by atoms with E-state index in [9.17, 15) is 0 Å². The van der Waals surface area contributed by atoms with Crippen molar-refractivity contribution in [1.82, 2.24) is 9.97 Å². The maximum atomic E-state index is 6.06. The second kappa shape index (κ2) is 8.64. The van der Waals surface area contributed by atoms with Crippen molar-refractivity contribution >= 4 is 11.6 Å². The van der Waals surface area contributed by atoms with Crippen molar-refractivity contribution in [1.29, 1.82) is 0 Å². The smallest absolute Gasteiger partial charge is 0.135 e. The predicted molar refractivity (Wildman–Crippen MR) is 99.1 cm³/mol. The molecule has 0 saturated carbocycles. The molecule has 2 rings (SSSR count). The van der Waals surface area contributed by atoms with Crippen LogP contribution in [0.5, 0.6) is 0 Å². The Morgan fingerprint density at radius 3 is 2.46 bits per heavy atom. The molecule has 0 fully saturated rings. The zero-order chi connectivity index (χ0) is 17.5. The molecule has 2 aromatic rings. The lowest BCUT2D eigenvalue weighted by Gasteiger charge is -2.14. The average Bonchev–Trinajstić information content (AvgIpc) is 2.57. The first-order valence-electron chi connectivity index (χ1n) is 8.47. The Morgan fingerprint density at radius 1 is 1.17 bits per heavy atom. The standard InChI is InChI=1S/C19H28N4O/c1-5-15-6-8-16(9-7-15)11-21-19-14(3)18(20)22-17(23-19)10-13(2)12-24-4/h6-9,13H,5,10-12H2,1-4H3,(H3,20,21,22,23). The van der Waals surface area contributed by atoms with Gasteiger partial charge in [0.15, 0.2) is 0 Å². The summed E-state index contributed by atoms with van der Waals surface area (Å²) in [7, 11) is 1.71. The number of hydrogen-bond donors (Lipinski definition) is 2. The largest absolute Gasteiger partial charge is 0.384 e. The van der Waals surface area contributed by atoms with Crippen LogP contribution < -0.4 is 11.1 Å². The van der Waals surface area contributed by atoms with E-state index in [1.54, 1.807) is 7.11 Å². The fraction of sp³-hybridized carbons (Fsp3) is 0.474. The Bertz CT molecular complexity index is 655. The van der Waals surface area contributed by atoms with Crippen molar-refractivity contribution in [3.05, 3.63) is 46.8 Å². The third-order valence-corrected chi connectivity index (χ3v) is 4.10. The molecule has 0 aliphatic carbocycles. The number of nitrogens with two attached hydrogens (primary N) is 1. The molecule has 130 valence electrons. The van der Waals surface area contributed by atoms with E-state index in [4.69, 9.17) is 10.5 Å². The highest BCUT2D eigenvalue weighted by Gasteiger charge is 2.11. The van der Waals surface area contributed by atoms with Crippen molar-refractivity contribution < 1.29 is 4.74 Å². The molecule has 0 amide bonds. The Balaban J connectivity index is 2.08. The minimum absolute atomic E-state index is 0.353. The van der Waals surface area contributed by atoms with Gasteiger partial charge in [0.25, 0.3) is 0 Å². The molecule has 24 heavy (non-hydrogen) atoms. The molecule has 1 atom stereocenters. The van der Waals surface area contributed by atoms with E-state index >= 15 is 0 Å². The molecule has 1 unspecified atom stereocenters. The highest BCUT2D eigenvalue weighted by molar-refractivity contribution is 5.55. The van der Waals surface area contributed by atoms with E-state index in [0.29, 0.717) is 24.9 Å². The van der Waals surface area contributed by atoms with E-state index in [-0.39, 0.29) is 0 Å². The third kappa shape index (κ3) is 4.93. The van der Waals surface area contributed by atoms with Crippen LogP contribution in [0.2, 0.25) is 0 Å². The number of nitrogens with zero attached hydrogens (tertiary/aromatic N) is 2. The number of methoxy groups -OCH3 is 1. The van der Waals surface area contributed by atoms with Crippen LogP contribution in [0.1, 0.15) is 36.4 Å². The Kier molecular flexibility index (Phi) is 6.55. The van der Waals surface area contributed by atoms with Crippen molar-refractivity contribution in [3.63, 3.8) is 0 Å². The van der Waals surface area contributed by atoms with Gasteiger partial charge >= 0.3 is 0 Å². The third-order valence-electron chi connectivity index (χ3n) is 4.10. The maximum absolute atomic E-state index is 6.06. The van der Waals surface area contributed by atoms with Crippen molar-refractivity contribution in [2.75, 3.05) is 24.8 Å². The van der Waals surface area contributed by atoms with Crippen LogP contribution in [0.4, 0.5) is 11.6 Å². The summed E-state index contributed by atoms with van der Waals surface area (Å²) in [6.45, 7) is 7.62. The molecule has 5 nitrogen and oxygen atoms in total. The molecule has 1 aromatic carbocycles. The quantitative estimate of drug-likeness (QED) is 0.777. The van der Waals surface area contributed by atoms with Gasteiger partial charge in [0, 0.05) is 32.2 Å². The Morgan fingerprint density at radius 2 is 1.83 bits per heavy atom. The number of nitrogens with one attached hydrogen (secondary N) is 1. The SMILES string of the molecule is CCc1ccc(CNc2nc(CC(C)COC)nc(N)c2C)cc1. The normalized spacial score (nSPS) is 12.2. The van der Waals surface area contributed by atoms with Gasteiger partial charge in [-0.1, -0.05) is 38.1 Å². The summed E-state index contributed by atoms with van der Waals surface area (Å²) in [5.41, 5.74) is 9.51. The highest BCUT2D eigenvalue weighted by Crippen LogP contribution is 2.19. The van der Waals surface area contributed by atoms with Crippen LogP contribution in [0.25, 0.3) is 0 Å². The predicted octanol–water partition coefficient (Wildman–Crippen LogP) is 3.37. The molecule has 3 N–H and O–H groups in total. The van der Waals surface area contributed by atoms with E-state index in [2.05, 4.69) is 53.4 Å². The molecule has 1 aromatic heterocycles. The number of aromatic nitrogens is 2. The van der Waals surface area contributed by atoms with Gasteiger partial charge in [-0.05, 0) is 30.4 Å². The number of hydrogen-bond acceptors (Lipinski definition) is 5. The Labute approximate surface area is 144 Å². The van der Waals surface area contributed by atoms with Crippen LogP contribution in [0.3, 0.4) is 0 Å². The molecule has 1 heterocycles. The summed E-state index contributed by atoms with van der Waals surface area (Å²) < 4.78 is 5.18. The van der Waals surface area contributed by atoms with Crippen LogP contribution in [-0.2, 0) is 24.1 Å². The lowest BCUT2D eigenvalue weighted by Crippen LogP contribution is -2.14. The van der Waals surface area contributed by atoms with Crippen LogP contribution in [0, 0.1) is 12.8 Å². The topological polar surface area (TPSA) is 73.1 Å². The van der Waals surface area contributed by atoms with Gasteiger partial charge in [-0.15, -0.1) is 0 Å². The van der Waals surface area contributed by atoms with Crippen molar-refractivity contribution in [2.24, 2.45) is 5.92 Å². The molecule has 0 aliphatic heterocycles. The molecular weight excluding hydrogens is 300 g/mol. The minimum Gasteiger partial charge on any atom is -0.384 e. The second-order valence-electron chi connectivity index (χ2n) is 6.29. The van der Waals surface area contributed by atoms with Gasteiger partial charge in [-0.25, -0.2) is 9.97 Å². The first kappa shape index (κ1) is 18.2. The van der Waals surface area contributed by atoms with Gasteiger partial charge in [-0.3, -0.25) is 0 Å². The maximum Gasteiger partial charge on any atom is 0.135 e. The molecule has 0 spiro atoms. The van der Waals surface area contributed by atoms with Gasteiger partial charge < -0.3 is 15.8 Å². The number of anilines is 2. The Hall–Kier alpha value is -2.14. The summed E-state index contributed by atoms with van der Waals surface area (Å²) >= 11 is 0. The molecule has 0 aliphatic rings. The molecule has 0 bridgehead atoms. The molecular formula is C19H28N4O. The fourth-order valence-electron chi connectivity index (χ4n) is 2.58. The van der Waals surface area contributed by atoms with Gasteiger partial charge in [-0.2, -0.15) is 0 Å². The number of rotatable bonds is 8. The summed E-state index contributed by atoms with van der Waals surface area (Å²) in [5.74, 6) is 2.45. The summed E-state index contributed by atoms with van der Waals surface area (Å²) in [5, 5.41) is 3.39. The van der Waals surface area contributed by atoms with Crippen molar-refractivity contribution in [2.45, 2.75) is 40.2 Å². The van der Waals surface area contributed by atoms with Crippen LogP contribution in [-0.4, -0.2) is 23.7 Å². The minimum atomic E-state index is 0.353. The first-order valence-corrected chi connectivity index (χ1v) is 8.47. The van der Waals surface area contributed by atoms with Gasteiger partial charge in [0.05, 0.1) is 0 Å². The number of benzene rings is 1. The second-order valence-corrected chi connectivity index (χ2v) is 6.29. The number of ether oxygens (including phenoxy) is 1. The van der Waals surface area contributed by atoms with E-state index in [1.165, 1.54) is 11.1 Å². The van der Waals surface area contributed by atoms with E-state index in [1.807, 2.05) is 6.92 Å². The first-order chi connectivity index (χ1) is 11.5. The summed E-state index contributed by atoms with van der Waals surface area (Å²) in [6.07, 6.45) is 1.80. The molecule has 5 heteroatoms. The van der Waals surface area contributed by atoms with Crippen LogP contribution >= 0.6 is 0 Å². The van der Waals surface area contributed by atoms with E-state index < -0.39 is 0 Å². The van der Waals surface area contributed by atoms with Crippen molar-refractivity contribution in [3.8, 4) is 0 Å². The van der Waals surface area contributed by atoms with Gasteiger partial charge in [0.1, 0.15) is 17.5 Å². The number of aryl methyl sites for hydroxylation is 1. The lowest BCUT2D eigenvalue weighted by molar-refractivity contribution is 0.159. The number of nitrogen functional groups attached to an aromatic ring is 1. The zero-order valence-electron chi connectivity index (χ0n) is 15.1. The zero-order valence-corrected chi connectivity index (χ0v) is 15.1. The highest BCUT2D eigenvalue weighted by atomic mass is 16.5. The molecule has 0 radical (unpaired) electrons. The lowest BCUT2D eigenvalue weighted by atomic mass is 10.1. The summed E-state index contributed by atoms with van der Waals surface area (Å²) in [4.78, 5) is 9.05. The average molecular weight is 328 g/mol.